The smallest absolute Gasteiger partial charge is 0.271 e. The maximum Gasteiger partial charge on any atom is 0.271 e. The lowest BCUT2D eigenvalue weighted by Gasteiger charge is -2.26. The van der Waals surface area contributed by atoms with Crippen LogP contribution >= 0.6 is 11.3 Å². The number of ether oxygens (including phenoxy) is 3. The van der Waals surface area contributed by atoms with Gasteiger partial charge in [0.15, 0.2) is 16.3 Å². The van der Waals surface area contributed by atoms with Gasteiger partial charge in [0.05, 0.1) is 43.2 Å². The Kier molecular flexibility index (Phi) is 7.80. The Morgan fingerprint density at radius 3 is 2.34 bits per heavy atom. The fourth-order valence-corrected chi connectivity index (χ4v) is 6.61. The number of methoxy groups -OCH3 is 3. The minimum atomic E-state index is -0.772. The number of carbonyl (C=O) groups excluding carboxylic acids is 1. The van der Waals surface area contributed by atoms with Crippen LogP contribution in [0.15, 0.2) is 99.9 Å². The first kappa shape index (κ1) is 28.9. The fraction of sp³-hybridized carbons (Fsp3) is 0.171. The van der Waals surface area contributed by atoms with Crippen molar-refractivity contribution < 1.29 is 19.0 Å². The van der Waals surface area contributed by atoms with E-state index in [9.17, 15) is 9.59 Å². The van der Waals surface area contributed by atoms with Crippen molar-refractivity contribution in [1.29, 1.82) is 0 Å². The number of amides is 1. The normalized spacial score (nSPS) is 14.7. The molecule has 4 aromatic carbocycles. The molecule has 1 aliphatic heterocycles. The lowest BCUT2D eigenvalue weighted by molar-refractivity contribution is -0.113. The number of fused-ring (bicyclic) bond motifs is 2. The Morgan fingerprint density at radius 2 is 1.59 bits per heavy atom. The third-order valence-electron chi connectivity index (χ3n) is 7.81. The van der Waals surface area contributed by atoms with Crippen molar-refractivity contribution in [1.82, 2.24) is 4.57 Å². The van der Waals surface area contributed by atoms with E-state index < -0.39 is 6.04 Å². The first-order valence-electron chi connectivity index (χ1n) is 14.0. The molecule has 0 saturated carbocycles. The number of hydrogen-bond acceptors (Lipinski definition) is 7. The molecule has 9 heteroatoms. The zero-order chi connectivity index (χ0) is 31.0. The number of benzene rings is 4. The average Bonchev–Trinajstić information content (AvgIpc) is 3.34. The number of rotatable bonds is 7. The molecule has 0 radical (unpaired) electrons. The number of para-hydroxylation sites is 1. The van der Waals surface area contributed by atoms with Crippen molar-refractivity contribution in [3.8, 4) is 17.2 Å². The Bertz CT molecular complexity index is 2140. The third kappa shape index (κ3) is 5.05. The molecule has 0 spiro atoms. The molecular weight excluding hydrogens is 574 g/mol. The van der Waals surface area contributed by atoms with E-state index in [0.717, 1.165) is 21.9 Å². The number of aromatic nitrogens is 1. The van der Waals surface area contributed by atoms with Crippen LogP contribution in [-0.2, 0) is 4.79 Å². The number of allylic oxidation sites excluding steroid dienone is 1. The maximum absolute atomic E-state index is 14.3. The third-order valence-corrected chi connectivity index (χ3v) is 8.79. The molecule has 0 aliphatic carbocycles. The lowest BCUT2D eigenvalue weighted by Crippen LogP contribution is -2.40. The van der Waals surface area contributed by atoms with Crippen LogP contribution in [0.3, 0.4) is 0 Å². The highest BCUT2D eigenvalue weighted by Gasteiger charge is 2.33. The highest BCUT2D eigenvalue weighted by molar-refractivity contribution is 7.07. The molecule has 6 rings (SSSR count). The van der Waals surface area contributed by atoms with Crippen LogP contribution in [0.4, 0.5) is 5.69 Å². The average molecular weight is 606 g/mol. The summed E-state index contributed by atoms with van der Waals surface area (Å²) in [5.74, 6) is 1.34. The van der Waals surface area contributed by atoms with Crippen LogP contribution in [0, 0.1) is 6.92 Å². The molecular formula is C35H31N3O5S. The molecule has 8 nitrogen and oxygen atoms in total. The SMILES string of the molecule is COc1ccc([C@H]2C(C(=O)Nc3ccccc3C)=C(C)N=c3s/c(=C\c4c(OC)ccc5ccccc45)c(=O)n32)cc1OC. The Balaban J connectivity index is 1.58. The molecule has 5 aromatic rings. The van der Waals surface area contributed by atoms with E-state index in [-0.39, 0.29) is 11.5 Å². The summed E-state index contributed by atoms with van der Waals surface area (Å²) in [6.07, 6.45) is 1.85. The van der Waals surface area contributed by atoms with Crippen LogP contribution in [0.25, 0.3) is 16.8 Å². The van der Waals surface area contributed by atoms with Crippen LogP contribution in [0.5, 0.6) is 17.2 Å². The monoisotopic (exact) mass is 605 g/mol. The number of aryl methyl sites for hydroxylation is 1. The number of carbonyl (C=O) groups is 1. The molecule has 0 bridgehead atoms. The molecule has 0 fully saturated rings. The fourth-order valence-electron chi connectivity index (χ4n) is 5.59. The van der Waals surface area contributed by atoms with Crippen LogP contribution in [-0.4, -0.2) is 31.8 Å². The second kappa shape index (κ2) is 11.9. The second-order valence-corrected chi connectivity index (χ2v) is 11.4. The van der Waals surface area contributed by atoms with E-state index in [1.165, 1.54) is 11.3 Å². The zero-order valence-corrected chi connectivity index (χ0v) is 25.8. The predicted octanol–water partition coefficient (Wildman–Crippen LogP) is 5.36. The number of nitrogens with one attached hydrogen (secondary N) is 1. The minimum Gasteiger partial charge on any atom is -0.496 e. The van der Waals surface area contributed by atoms with E-state index in [1.54, 1.807) is 45.0 Å². The standard InChI is InChI=1S/C35H31N3O5S/c1-20-10-6-9-13-26(20)37-33(39)31-21(2)36-35-38(32(31)23-15-17-28(42-4)29(18-23)43-5)34(40)30(44-35)19-25-24-12-8-7-11-22(24)14-16-27(25)41-3/h6-19,32H,1-5H3,(H,37,39)/b30-19-/t32-/m0/s1. The van der Waals surface area contributed by atoms with Crippen molar-refractivity contribution >= 4 is 39.8 Å². The molecule has 1 amide bonds. The Hall–Kier alpha value is -5.15. The summed E-state index contributed by atoms with van der Waals surface area (Å²) in [5.41, 5.74) is 3.70. The summed E-state index contributed by atoms with van der Waals surface area (Å²) in [4.78, 5) is 33.6. The Morgan fingerprint density at radius 1 is 0.886 bits per heavy atom. The van der Waals surface area contributed by atoms with Gasteiger partial charge in [-0.15, -0.1) is 0 Å². The van der Waals surface area contributed by atoms with Gasteiger partial charge in [-0.25, -0.2) is 4.99 Å². The first-order valence-corrected chi connectivity index (χ1v) is 14.8. The minimum absolute atomic E-state index is 0.266. The van der Waals surface area contributed by atoms with E-state index in [0.29, 0.717) is 49.1 Å². The van der Waals surface area contributed by atoms with Crippen LogP contribution < -0.4 is 34.4 Å². The van der Waals surface area contributed by atoms with E-state index in [2.05, 4.69) is 5.32 Å². The molecule has 44 heavy (non-hydrogen) atoms. The summed E-state index contributed by atoms with van der Waals surface area (Å²) >= 11 is 1.28. The van der Waals surface area contributed by atoms with E-state index >= 15 is 0 Å². The van der Waals surface area contributed by atoms with Crippen LogP contribution in [0.1, 0.15) is 29.7 Å². The number of thiazole rings is 1. The largest absolute Gasteiger partial charge is 0.496 e. The van der Waals surface area contributed by atoms with Crippen LogP contribution in [0.2, 0.25) is 0 Å². The van der Waals surface area contributed by atoms with Gasteiger partial charge in [0.25, 0.3) is 11.5 Å². The topological polar surface area (TPSA) is 91.2 Å². The van der Waals surface area contributed by atoms with Gasteiger partial charge >= 0.3 is 0 Å². The number of anilines is 1. The molecule has 1 atom stereocenters. The molecule has 222 valence electrons. The molecule has 0 saturated heterocycles. The quantitative estimate of drug-likeness (QED) is 0.270. The molecule has 1 aromatic heterocycles. The van der Waals surface area contributed by atoms with Crippen molar-refractivity contribution in [3.63, 3.8) is 0 Å². The van der Waals surface area contributed by atoms with E-state index in [1.807, 2.05) is 79.7 Å². The van der Waals surface area contributed by atoms with Gasteiger partial charge < -0.3 is 19.5 Å². The summed E-state index contributed by atoms with van der Waals surface area (Å²) < 4.78 is 18.8. The Labute approximate surface area is 258 Å². The predicted molar refractivity (Wildman–Crippen MR) is 174 cm³/mol. The van der Waals surface area contributed by atoms with Crippen molar-refractivity contribution in [2.24, 2.45) is 4.99 Å². The number of hydrogen-bond donors (Lipinski definition) is 1. The lowest BCUT2D eigenvalue weighted by atomic mass is 9.94. The van der Waals surface area contributed by atoms with Crippen molar-refractivity contribution in [2.75, 3.05) is 26.6 Å². The van der Waals surface area contributed by atoms with Gasteiger partial charge in [0, 0.05) is 11.3 Å². The van der Waals surface area contributed by atoms with Gasteiger partial charge in [-0.3, -0.25) is 14.2 Å². The van der Waals surface area contributed by atoms with Gasteiger partial charge in [-0.2, -0.15) is 0 Å². The molecule has 1 aliphatic rings. The maximum atomic E-state index is 14.3. The summed E-state index contributed by atoms with van der Waals surface area (Å²) in [6.45, 7) is 3.73. The highest BCUT2D eigenvalue weighted by Crippen LogP contribution is 2.36. The second-order valence-electron chi connectivity index (χ2n) is 10.4. The van der Waals surface area contributed by atoms with E-state index in [4.69, 9.17) is 19.2 Å². The van der Waals surface area contributed by atoms with Crippen molar-refractivity contribution in [2.45, 2.75) is 19.9 Å². The first-order chi connectivity index (χ1) is 21.3. The number of nitrogens with zero attached hydrogens (tertiary/aromatic N) is 2. The van der Waals surface area contributed by atoms with Gasteiger partial charge in [0.1, 0.15) is 5.75 Å². The van der Waals surface area contributed by atoms with Gasteiger partial charge in [-0.05, 0) is 66.1 Å². The molecule has 1 N–H and O–H groups in total. The molecule has 2 heterocycles. The summed E-state index contributed by atoms with van der Waals surface area (Å²) in [5, 5.41) is 5.04. The van der Waals surface area contributed by atoms with Gasteiger partial charge in [-0.1, -0.05) is 65.9 Å². The van der Waals surface area contributed by atoms with Crippen molar-refractivity contribution in [3.05, 3.63) is 127 Å². The zero-order valence-electron chi connectivity index (χ0n) is 25.0. The summed E-state index contributed by atoms with van der Waals surface area (Å²) in [7, 11) is 4.73. The van der Waals surface area contributed by atoms with Gasteiger partial charge in [0.2, 0.25) is 0 Å². The highest BCUT2D eigenvalue weighted by atomic mass is 32.1. The molecule has 0 unspecified atom stereocenters. The summed E-state index contributed by atoms with van der Waals surface area (Å²) in [6, 6.07) is 24.1.